The van der Waals surface area contributed by atoms with Crippen molar-refractivity contribution in [2.24, 2.45) is 0 Å². The van der Waals surface area contributed by atoms with Crippen molar-refractivity contribution in [1.29, 1.82) is 0 Å². The number of rotatable bonds is 4. The Morgan fingerprint density at radius 3 is 3.00 bits per heavy atom. The molecule has 3 heterocycles. The molecule has 0 spiro atoms. The van der Waals surface area contributed by atoms with Crippen molar-refractivity contribution >= 4 is 17.0 Å². The van der Waals surface area contributed by atoms with Crippen molar-refractivity contribution < 1.29 is 13.9 Å². The summed E-state index contributed by atoms with van der Waals surface area (Å²) in [5.41, 5.74) is 2.37. The Bertz CT molecular complexity index is 927. The molecular weight excluding hydrogens is 330 g/mol. The minimum absolute atomic E-state index is 0.0413. The summed E-state index contributed by atoms with van der Waals surface area (Å²) in [5.74, 6) is 0.842. The predicted octanol–water partition coefficient (Wildman–Crippen LogP) is 2.73. The first-order valence-electron chi connectivity index (χ1n) is 8.88. The number of piperazine rings is 1. The Hall–Kier alpha value is -2.73. The number of hydrogen-bond donors (Lipinski definition) is 1. The summed E-state index contributed by atoms with van der Waals surface area (Å²) in [5, 5.41) is 4.31. The normalized spacial score (nSPS) is 17.6. The molecule has 1 aliphatic rings. The number of nitrogens with one attached hydrogen (secondary N) is 1. The van der Waals surface area contributed by atoms with Gasteiger partial charge in [0, 0.05) is 36.6 Å². The van der Waals surface area contributed by atoms with Gasteiger partial charge in [0.05, 0.1) is 19.9 Å². The van der Waals surface area contributed by atoms with Gasteiger partial charge in [-0.3, -0.25) is 4.79 Å². The fraction of sp³-hybridized carbons (Fsp3) is 0.350. The summed E-state index contributed by atoms with van der Waals surface area (Å²) < 4.78 is 13.1. The molecule has 1 aromatic carbocycles. The number of carbonyl (C=O) groups is 1. The van der Waals surface area contributed by atoms with Crippen LogP contribution < -0.4 is 10.1 Å². The second kappa shape index (κ2) is 6.88. The molecule has 4 rings (SSSR count). The molecule has 3 aromatic rings. The molecule has 26 heavy (non-hydrogen) atoms. The largest absolute Gasteiger partial charge is 0.496 e. The molecular formula is C20H23N3O3. The number of furan rings is 1. The number of methoxy groups -OCH3 is 1. The van der Waals surface area contributed by atoms with Gasteiger partial charge >= 0.3 is 0 Å². The maximum atomic E-state index is 13.2. The van der Waals surface area contributed by atoms with Gasteiger partial charge in [0.1, 0.15) is 11.4 Å². The highest BCUT2D eigenvalue weighted by Gasteiger charge is 2.26. The molecule has 0 aliphatic carbocycles. The summed E-state index contributed by atoms with van der Waals surface area (Å²) in [4.78, 5) is 15.1. The highest BCUT2D eigenvalue weighted by molar-refractivity contribution is 5.97. The van der Waals surface area contributed by atoms with E-state index in [1.807, 2.05) is 45.9 Å². The molecule has 2 aromatic heterocycles. The van der Waals surface area contributed by atoms with Crippen LogP contribution in [0.2, 0.25) is 0 Å². The van der Waals surface area contributed by atoms with Crippen molar-refractivity contribution in [3.05, 3.63) is 53.9 Å². The molecule has 1 unspecified atom stereocenters. The maximum Gasteiger partial charge on any atom is 0.270 e. The fourth-order valence-electron chi connectivity index (χ4n) is 3.59. The molecule has 6 nitrogen and oxygen atoms in total. The molecule has 1 fully saturated rings. The Morgan fingerprint density at radius 1 is 1.35 bits per heavy atom. The number of benzene rings is 1. The summed E-state index contributed by atoms with van der Waals surface area (Å²) in [6.45, 7) is 4.85. The number of para-hydroxylation sites is 1. The van der Waals surface area contributed by atoms with E-state index in [4.69, 9.17) is 9.15 Å². The number of hydrogen-bond acceptors (Lipinski definition) is 4. The van der Waals surface area contributed by atoms with Crippen molar-refractivity contribution in [2.45, 2.75) is 19.5 Å². The van der Waals surface area contributed by atoms with Crippen LogP contribution >= 0.6 is 0 Å². The highest BCUT2D eigenvalue weighted by atomic mass is 16.5. The number of fused-ring (bicyclic) bond motifs is 1. The van der Waals surface area contributed by atoms with Crippen LogP contribution in [-0.2, 0) is 6.54 Å². The second-order valence-corrected chi connectivity index (χ2v) is 6.72. The number of aromatic nitrogens is 1. The van der Waals surface area contributed by atoms with Crippen LogP contribution in [-0.4, -0.2) is 48.2 Å². The van der Waals surface area contributed by atoms with Gasteiger partial charge in [-0.25, -0.2) is 0 Å². The van der Waals surface area contributed by atoms with E-state index in [-0.39, 0.29) is 5.91 Å². The summed E-state index contributed by atoms with van der Waals surface area (Å²) >= 11 is 0. The van der Waals surface area contributed by atoms with Gasteiger partial charge in [0.25, 0.3) is 5.91 Å². The lowest BCUT2D eigenvalue weighted by atomic mass is 10.2. The van der Waals surface area contributed by atoms with Gasteiger partial charge < -0.3 is 23.9 Å². The minimum Gasteiger partial charge on any atom is -0.496 e. The monoisotopic (exact) mass is 353 g/mol. The summed E-state index contributed by atoms with van der Waals surface area (Å²) in [7, 11) is 1.66. The van der Waals surface area contributed by atoms with Crippen molar-refractivity contribution in [3.63, 3.8) is 0 Å². The summed E-state index contributed by atoms with van der Waals surface area (Å²) in [6.07, 6.45) is 1.66. The maximum absolute atomic E-state index is 13.2. The van der Waals surface area contributed by atoms with Gasteiger partial charge in [-0.15, -0.1) is 0 Å². The first-order valence-corrected chi connectivity index (χ1v) is 8.88. The van der Waals surface area contributed by atoms with E-state index in [9.17, 15) is 4.79 Å². The Morgan fingerprint density at radius 2 is 2.19 bits per heavy atom. The van der Waals surface area contributed by atoms with Crippen LogP contribution in [0.25, 0.3) is 11.1 Å². The lowest BCUT2D eigenvalue weighted by molar-refractivity contribution is 0.0698. The van der Waals surface area contributed by atoms with E-state index in [2.05, 4.69) is 12.2 Å². The molecule has 1 atom stereocenters. The number of carbonyl (C=O) groups excluding carboxylic acids is 1. The molecule has 136 valence electrons. The molecule has 1 amide bonds. The van der Waals surface area contributed by atoms with Crippen molar-refractivity contribution in [1.82, 2.24) is 14.8 Å². The third-order valence-corrected chi connectivity index (χ3v) is 4.90. The Labute approximate surface area is 152 Å². The van der Waals surface area contributed by atoms with E-state index in [0.29, 0.717) is 37.1 Å². The summed E-state index contributed by atoms with van der Waals surface area (Å²) in [6, 6.07) is 12.0. The van der Waals surface area contributed by atoms with Crippen molar-refractivity contribution in [2.75, 3.05) is 26.7 Å². The second-order valence-electron chi connectivity index (χ2n) is 6.72. The van der Waals surface area contributed by atoms with E-state index in [1.165, 1.54) is 0 Å². The van der Waals surface area contributed by atoms with E-state index in [1.54, 1.807) is 13.4 Å². The predicted molar refractivity (Wildman–Crippen MR) is 99.7 cm³/mol. The third kappa shape index (κ3) is 2.97. The first-order chi connectivity index (χ1) is 12.7. The Balaban J connectivity index is 1.72. The fourth-order valence-corrected chi connectivity index (χ4v) is 3.59. The third-order valence-electron chi connectivity index (χ3n) is 4.90. The molecule has 0 bridgehead atoms. The van der Waals surface area contributed by atoms with Crippen LogP contribution in [0.4, 0.5) is 0 Å². The Kier molecular flexibility index (Phi) is 4.42. The van der Waals surface area contributed by atoms with Crippen LogP contribution in [0.1, 0.15) is 23.0 Å². The number of nitrogens with zero attached hydrogens (tertiary/aromatic N) is 2. The van der Waals surface area contributed by atoms with Gasteiger partial charge in [0.15, 0.2) is 0 Å². The van der Waals surface area contributed by atoms with Gasteiger partial charge in [0.2, 0.25) is 5.71 Å². The molecule has 6 heteroatoms. The smallest absolute Gasteiger partial charge is 0.270 e. The average Bonchev–Trinajstić information content (AvgIpc) is 3.24. The minimum atomic E-state index is 0.0413. The molecule has 1 saturated heterocycles. The average molecular weight is 353 g/mol. The van der Waals surface area contributed by atoms with Gasteiger partial charge in [-0.05, 0) is 25.1 Å². The quantitative estimate of drug-likeness (QED) is 0.783. The van der Waals surface area contributed by atoms with Crippen molar-refractivity contribution in [3.8, 4) is 5.75 Å². The standard InChI is InChI=1S/C20H23N3O3/c1-14-12-22(9-8-21-14)19(24)17-11-15-7-10-26-20(15)23(17)13-16-5-3-4-6-18(16)25-2/h3-7,10-11,14,21H,8-9,12-13H2,1-2H3. The zero-order valence-corrected chi connectivity index (χ0v) is 15.1. The highest BCUT2D eigenvalue weighted by Crippen LogP contribution is 2.26. The van der Waals surface area contributed by atoms with E-state index in [0.717, 1.165) is 23.2 Å². The molecule has 1 N–H and O–H groups in total. The van der Waals surface area contributed by atoms with E-state index < -0.39 is 0 Å². The van der Waals surface area contributed by atoms with E-state index >= 15 is 0 Å². The SMILES string of the molecule is COc1ccccc1Cn1c(C(=O)N2CCNC(C)C2)cc2ccoc21. The lowest BCUT2D eigenvalue weighted by Crippen LogP contribution is -2.51. The van der Waals surface area contributed by atoms with Crippen LogP contribution in [0, 0.1) is 0 Å². The zero-order chi connectivity index (χ0) is 18.1. The van der Waals surface area contributed by atoms with Gasteiger partial charge in [-0.1, -0.05) is 18.2 Å². The topological polar surface area (TPSA) is 59.6 Å². The van der Waals surface area contributed by atoms with Crippen LogP contribution in [0.5, 0.6) is 5.75 Å². The van der Waals surface area contributed by atoms with Crippen LogP contribution in [0.3, 0.4) is 0 Å². The molecule has 0 saturated carbocycles. The van der Waals surface area contributed by atoms with Gasteiger partial charge in [-0.2, -0.15) is 0 Å². The lowest BCUT2D eigenvalue weighted by Gasteiger charge is -2.32. The number of ether oxygens (including phenoxy) is 1. The zero-order valence-electron chi connectivity index (χ0n) is 15.1. The first kappa shape index (κ1) is 16.7. The number of amides is 1. The molecule has 1 aliphatic heterocycles. The van der Waals surface area contributed by atoms with Crippen LogP contribution in [0.15, 0.2) is 47.1 Å². The molecule has 0 radical (unpaired) electrons.